The van der Waals surface area contributed by atoms with Crippen molar-refractivity contribution >= 4 is 28.6 Å². The van der Waals surface area contributed by atoms with Crippen molar-refractivity contribution in [2.45, 2.75) is 24.5 Å². The number of para-hydroxylation sites is 2. The van der Waals surface area contributed by atoms with Crippen LogP contribution in [0.4, 0.5) is 0 Å². The number of carbonyl (C=O) groups is 1. The average molecular weight is 410 g/mol. The molecule has 1 fully saturated rings. The summed E-state index contributed by atoms with van der Waals surface area (Å²) in [6.07, 6.45) is 2.12. The van der Waals surface area contributed by atoms with Gasteiger partial charge in [-0.3, -0.25) is 14.2 Å². The fourth-order valence-electron chi connectivity index (χ4n) is 3.59. The van der Waals surface area contributed by atoms with E-state index in [1.807, 2.05) is 47.4 Å². The van der Waals surface area contributed by atoms with E-state index >= 15 is 0 Å². The lowest BCUT2D eigenvalue weighted by atomic mass is 10.2. The Kier molecular flexibility index (Phi) is 5.85. The van der Waals surface area contributed by atoms with Crippen LogP contribution in [0.2, 0.25) is 0 Å². The number of nitrogens with zero attached hydrogens (tertiary/aromatic N) is 3. The van der Waals surface area contributed by atoms with Gasteiger partial charge in [-0.1, -0.05) is 42.1 Å². The molecule has 0 saturated carbocycles. The molecule has 0 atom stereocenters. The lowest BCUT2D eigenvalue weighted by Gasteiger charge is -2.17. The third kappa shape index (κ3) is 4.15. The molecule has 0 radical (unpaired) electrons. The summed E-state index contributed by atoms with van der Waals surface area (Å²) in [5.74, 6) is 1.09. The summed E-state index contributed by atoms with van der Waals surface area (Å²) in [5.41, 5.74) is 1.42. The van der Waals surface area contributed by atoms with Gasteiger partial charge in [0.15, 0.2) is 5.16 Å². The molecule has 0 aliphatic carbocycles. The van der Waals surface area contributed by atoms with Gasteiger partial charge in [-0.25, -0.2) is 4.98 Å². The zero-order chi connectivity index (χ0) is 20.2. The predicted molar refractivity (Wildman–Crippen MR) is 115 cm³/mol. The van der Waals surface area contributed by atoms with Gasteiger partial charge < -0.3 is 9.64 Å². The van der Waals surface area contributed by atoms with Crippen molar-refractivity contribution in [1.82, 2.24) is 14.5 Å². The largest absolute Gasteiger partial charge is 0.496 e. The van der Waals surface area contributed by atoms with E-state index in [-0.39, 0.29) is 17.2 Å². The highest BCUT2D eigenvalue weighted by Crippen LogP contribution is 2.23. The molecule has 0 spiro atoms. The van der Waals surface area contributed by atoms with Gasteiger partial charge in [-0.15, -0.1) is 0 Å². The molecule has 1 amide bonds. The highest BCUT2D eigenvalue weighted by Gasteiger charge is 2.20. The van der Waals surface area contributed by atoms with Crippen molar-refractivity contribution in [3.05, 3.63) is 64.4 Å². The number of ether oxygens (including phenoxy) is 1. The fraction of sp³-hybridized carbons (Fsp3) is 0.318. The molecular weight excluding hydrogens is 386 g/mol. The molecule has 4 rings (SSSR count). The van der Waals surface area contributed by atoms with Crippen LogP contribution < -0.4 is 10.3 Å². The Morgan fingerprint density at radius 3 is 2.62 bits per heavy atom. The van der Waals surface area contributed by atoms with Crippen LogP contribution in [0.3, 0.4) is 0 Å². The highest BCUT2D eigenvalue weighted by atomic mass is 32.2. The molecule has 1 aliphatic heterocycles. The van der Waals surface area contributed by atoms with Gasteiger partial charge in [-0.05, 0) is 31.0 Å². The first-order valence-corrected chi connectivity index (χ1v) is 10.7. The van der Waals surface area contributed by atoms with Crippen LogP contribution in [0, 0.1) is 0 Å². The molecule has 6 nitrogen and oxygen atoms in total. The maximum Gasteiger partial charge on any atom is 0.262 e. The molecule has 7 heteroatoms. The van der Waals surface area contributed by atoms with E-state index in [1.165, 1.54) is 11.8 Å². The van der Waals surface area contributed by atoms with Gasteiger partial charge in [0.25, 0.3) is 5.56 Å². The minimum Gasteiger partial charge on any atom is -0.496 e. The zero-order valence-electron chi connectivity index (χ0n) is 16.3. The number of fused-ring (bicyclic) bond motifs is 1. The molecule has 1 saturated heterocycles. The number of hydrogen-bond donors (Lipinski definition) is 0. The predicted octanol–water partition coefficient (Wildman–Crippen LogP) is 3.17. The van der Waals surface area contributed by atoms with Gasteiger partial charge in [0, 0.05) is 18.7 Å². The third-order valence-electron chi connectivity index (χ3n) is 5.13. The molecule has 1 aromatic heterocycles. The van der Waals surface area contributed by atoms with E-state index < -0.39 is 0 Å². The molecule has 0 bridgehead atoms. The lowest BCUT2D eigenvalue weighted by molar-refractivity contribution is -0.127. The second kappa shape index (κ2) is 8.69. The Hall–Kier alpha value is -2.80. The number of carbonyl (C=O) groups excluding carboxylic acids is 1. The number of rotatable bonds is 6. The summed E-state index contributed by atoms with van der Waals surface area (Å²) in [4.78, 5) is 32.3. The normalized spacial score (nSPS) is 13.8. The van der Waals surface area contributed by atoms with E-state index in [2.05, 4.69) is 0 Å². The first kappa shape index (κ1) is 19.5. The second-order valence-electron chi connectivity index (χ2n) is 6.99. The molecule has 2 aromatic carbocycles. The average Bonchev–Trinajstić information content (AvgIpc) is 3.30. The minimum absolute atomic E-state index is 0.0961. The minimum atomic E-state index is -0.113. The van der Waals surface area contributed by atoms with Crippen molar-refractivity contribution in [3.63, 3.8) is 0 Å². The van der Waals surface area contributed by atoms with Crippen molar-refractivity contribution < 1.29 is 9.53 Å². The summed E-state index contributed by atoms with van der Waals surface area (Å²) in [6, 6.07) is 14.9. The molecule has 1 aliphatic rings. The number of methoxy groups -OCH3 is 1. The molecule has 0 unspecified atom stereocenters. The monoisotopic (exact) mass is 409 g/mol. The van der Waals surface area contributed by atoms with Crippen molar-refractivity contribution in [2.24, 2.45) is 0 Å². The molecule has 2 heterocycles. The van der Waals surface area contributed by atoms with Gasteiger partial charge in [-0.2, -0.15) is 0 Å². The lowest BCUT2D eigenvalue weighted by Crippen LogP contribution is -2.30. The molecule has 29 heavy (non-hydrogen) atoms. The summed E-state index contributed by atoms with van der Waals surface area (Å²) < 4.78 is 7.09. The molecule has 150 valence electrons. The molecule has 3 aromatic rings. The fourth-order valence-corrected chi connectivity index (χ4v) is 4.49. The Morgan fingerprint density at radius 1 is 1.10 bits per heavy atom. The van der Waals surface area contributed by atoms with Crippen LogP contribution in [-0.2, 0) is 11.3 Å². The van der Waals surface area contributed by atoms with Gasteiger partial charge in [0.1, 0.15) is 5.75 Å². The first-order chi connectivity index (χ1) is 14.2. The number of benzene rings is 2. The standard InChI is InChI=1S/C22H23N3O3S/c1-28-19-11-5-2-8-16(19)14-25-21(27)17-9-3-4-10-18(17)23-22(25)29-15-20(26)24-12-6-7-13-24/h2-5,8-11H,6-7,12-15H2,1H3. The summed E-state index contributed by atoms with van der Waals surface area (Å²) in [6.45, 7) is 1.97. The van der Waals surface area contributed by atoms with E-state index in [0.29, 0.717) is 22.6 Å². The highest BCUT2D eigenvalue weighted by molar-refractivity contribution is 7.99. The Bertz CT molecular complexity index is 1090. The maximum atomic E-state index is 13.2. The first-order valence-electron chi connectivity index (χ1n) is 9.69. The summed E-state index contributed by atoms with van der Waals surface area (Å²) in [5, 5.41) is 1.12. The number of likely N-dealkylation sites (tertiary alicyclic amines) is 1. The number of thioether (sulfide) groups is 1. The zero-order valence-corrected chi connectivity index (χ0v) is 17.2. The van der Waals surface area contributed by atoms with Crippen LogP contribution in [0.25, 0.3) is 10.9 Å². The SMILES string of the molecule is COc1ccccc1Cn1c(SCC(=O)N2CCCC2)nc2ccccc2c1=O. The summed E-state index contributed by atoms with van der Waals surface area (Å²) >= 11 is 1.32. The Morgan fingerprint density at radius 2 is 1.83 bits per heavy atom. The van der Waals surface area contributed by atoms with Crippen LogP contribution in [0.1, 0.15) is 18.4 Å². The van der Waals surface area contributed by atoms with Crippen LogP contribution in [0.5, 0.6) is 5.75 Å². The number of amides is 1. The van der Waals surface area contributed by atoms with Gasteiger partial charge in [0.05, 0.1) is 30.3 Å². The van der Waals surface area contributed by atoms with Gasteiger partial charge >= 0.3 is 0 Å². The topological polar surface area (TPSA) is 64.4 Å². The third-order valence-corrected chi connectivity index (χ3v) is 6.09. The molecule has 0 N–H and O–H groups in total. The maximum absolute atomic E-state index is 13.2. The van der Waals surface area contributed by atoms with E-state index in [1.54, 1.807) is 17.7 Å². The molecular formula is C22H23N3O3S. The second-order valence-corrected chi connectivity index (χ2v) is 7.93. The van der Waals surface area contributed by atoms with Crippen LogP contribution in [-0.4, -0.2) is 46.3 Å². The van der Waals surface area contributed by atoms with E-state index in [4.69, 9.17) is 9.72 Å². The van der Waals surface area contributed by atoms with E-state index in [0.717, 1.165) is 37.2 Å². The van der Waals surface area contributed by atoms with Crippen LogP contribution >= 0.6 is 11.8 Å². The van der Waals surface area contributed by atoms with Crippen molar-refractivity contribution in [2.75, 3.05) is 26.0 Å². The smallest absolute Gasteiger partial charge is 0.262 e. The van der Waals surface area contributed by atoms with Crippen molar-refractivity contribution in [3.8, 4) is 5.75 Å². The van der Waals surface area contributed by atoms with Gasteiger partial charge in [0.2, 0.25) is 5.91 Å². The number of aromatic nitrogens is 2. The quantitative estimate of drug-likeness (QED) is 0.462. The van der Waals surface area contributed by atoms with Crippen molar-refractivity contribution in [1.29, 1.82) is 0 Å². The Labute approximate surface area is 173 Å². The summed E-state index contributed by atoms with van der Waals surface area (Å²) in [7, 11) is 1.62. The Balaban J connectivity index is 1.70. The van der Waals surface area contributed by atoms with Crippen LogP contribution in [0.15, 0.2) is 58.5 Å². The number of hydrogen-bond acceptors (Lipinski definition) is 5. The van der Waals surface area contributed by atoms with E-state index in [9.17, 15) is 9.59 Å².